The second-order valence-corrected chi connectivity index (χ2v) is 7.38. The summed E-state index contributed by atoms with van der Waals surface area (Å²) in [4.78, 5) is 15.0. The highest BCUT2D eigenvalue weighted by Crippen LogP contribution is 2.34. The van der Waals surface area contributed by atoms with Crippen LogP contribution in [-0.4, -0.2) is 41.2 Å². The lowest BCUT2D eigenvalue weighted by molar-refractivity contribution is -0.134. The average molecular weight is 367 g/mol. The van der Waals surface area contributed by atoms with Gasteiger partial charge in [0, 0.05) is 18.0 Å². The van der Waals surface area contributed by atoms with Crippen molar-refractivity contribution in [2.75, 3.05) is 13.6 Å². The highest BCUT2D eigenvalue weighted by Gasteiger charge is 2.34. The van der Waals surface area contributed by atoms with Crippen LogP contribution in [0.25, 0.3) is 0 Å². The average Bonchev–Trinajstić information content (AvgIpc) is 3.07. The topological polar surface area (TPSA) is 35.9 Å². The quantitative estimate of drug-likeness (QED) is 0.796. The molecule has 2 aromatic rings. The van der Waals surface area contributed by atoms with Gasteiger partial charge in [-0.3, -0.25) is 9.69 Å². The van der Waals surface area contributed by atoms with Gasteiger partial charge >= 0.3 is 0 Å². The monoisotopic (exact) mass is 367 g/mol. The molecule has 1 aliphatic heterocycles. The van der Waals surface area contributed by atoms with Crippen LogP contribution in [0.4, 0.5) is 4.39 Å². The van der Waals surface area contributed by atoms with E-state index in [2.05, 4.69) is 18.9 Å². The summed E-state index contributed by atoms with van der Waals surface area (Å²) in [6.07, 6.45) is 0.575. The Bertz CT molecular complexity index is 862. The van der Waals surface area contributed by atoms with Crippen LogP contribution in [0.15, 0.2) is 53.6 Å². The van der Waals surface area contributed by atoms with Crippen molar-refractivity contribution >= 4 is 11.6 Å². The minimum absolute atomic E-state index is 0.0501. The number of halogens is 1. The van der Waals surface area contributed by atoms with E-state index in [1.165, 1.54) is 12.1 Å². The molecule has 1 atom stereocenters. The number of amides is 1. The molecule has 0 aliphatic carbocycles. The molecule has 4 nitrogen and oxygen atoms in total. The van der Waals surface area contributed by atoms with Gasteiger partial charge in [0.05, 0.1) is 18.3 Å². The zero-order valence-corrected chi connectivity index (χ0v) is 16.3. The summed E-state index contributed by atoms with van der Waals surface area (Å²) < 4.78 is 13.7. The van der Waals surface area contributed by atoms with Crippen molar-refractivity contribution in [2.45, 2.75) is 39.3 Å². The van der Waals surface area contributed by atoms with Crippen LogP contribution in [0.3, 0.4) is 0 Å². The van der Waals surface area contributed by atoms with Crippen LogP contribution >= 0.6 is 0 Å². The van der Waals surface area contributed by atoms with Crippen molar-refractivity contribution < 1.29 is 9.18 Å². The molecule has 0 aromatic heterocycles. The molecule has 1 heterocycles. The van der Waals surface area contributed by atoms with E-state index in [9.17, 15) is 9.18 Å². The number of nitrogens with zero attached hydrogens (tertiary/aromatic N) is 3. The van der Waals surface area contributed by atoms with Gasteiger partial charge in [-0.1, -0.05) is 36.4 Å². The van der Waals surface area contributed by atoms with Gasteiger partial charge in [0.15, 0.2) is 0 Å². The minimum Gasteiger partial charge on any atom is -0.295 e. The second kappa shape index (κ2) is 8.01. The van der Waals surface area contributed by atoms with E-state index in [1.54, 1.807) is 11.1 Å². The molecule has 0 saturated carbocycles. The number of likely N-dealkylation sites (N-methyl/N-ethyl adjacent to an activating group) is 1. The molecule has 0 N–H and O–H groups in total. The number of hydrogen-bond acceptors (Lipinski definition) is 3. The van der Waals surface area contributed by atoms with Gasteiger partial charge in [0.1, 0.15) is 5.82 Å². The van der Waals surface area contributed by atoms with Gasteiger partial charge in [-0.15, -0.1) is 0 Å². The molecule has 1 aliphatic rings. The normalized spacial score (nSPS) is 16.9. The van der Waals surface area contributed by atoms with Crippen molar-refractivity contribution in [3.63, 3.8) is 0 Å². The van der Waals surface area contributed by atoms with Gasteiger partial charge in [0.2, 0.25) is 0 Å². The number of hydrogen-bond donors (Lipinski definition) is 0. The lowest BCUT2D eigenvalue weighted by Gasteiger charge is -2.27. The van der Waals surface area contributed by atoms with Crippen molar-refractivity contribution in [3.8, 4) is 0 Å². The molecule has 0 unspecified atom stereocenters. The number of hydrazone groups is 1. The largest absolute Gasteiger partial charge is 0.295 e. The maximum atomic E-state index is 13.7. The number of carbonyl (C=O) groups excluding carboxylic acids is 1. The standard InChI is InChI=1S/C22H26FN3O/c1-15(2)25(4)14-22(27)26-21(19-11-6-5-8-16(19)3)13-20(24-26)17-9-7-10-18(23)12-17/h5-12,15,21H,13-14H2,1-4H3/t21-/m1/s1. The summed E-state index contributed by atoms with van der Waals surface area (Å²) in [6.45, 7) is 6.44. The van der Waals surface area contributed by atoms with Crippen LogP contribution in [-0.2, 0) is 4.79 Å². The number of carbonyl (C=O) groups is 1. The molecule has 0 radical (unpaired) electrons. The van der Waals surface area contributed by atoms with Crippen LogP contribution in [0, 0.1) is 12.7 Å². The summed E-state index contributed by atoms with van der Waals surface area (Å²) in [5.74, 6) is -0.349. The third-order valence-electron chi connectivity index (χ3n) is 5.14. The molecule has 1 amide bonds. The molecule has 5 heteroatoms. The summed E-state index contributed by atoms with van der Waals surface area (Å²) in [5, 5.41) is 6.20. The number of rotatable bonds is 5. The fraction of sp³-hybridized carbons (Fsp3) is 0.364. The molecule has 27 heavy (non-hydrogen) atoms. The van der Waals surface area contributed by atoms with Gasteiger partial charge in [-0.05, 0) is 51.1 Å². The Kier molecular flexibility index (Phi) is 5.71. The van der Waals surface area contributed by atoms with E-state index in [4.69, 9.17) is 0 Å². The van der Waals surface area contributed by atoms with E-state index < -0.39 is 0 Å². The Hall–Kier alpha value is -2.53. The van der Waals surface area contributed by atoms with Crippen molar-refractivity contribution in [1.29, 1.82) is 0 Å². The number of aryl methyl sites for hydroxylation is 1. The highest BCUT2D eigenvalue weighted by molar-refractivity contribution is 6.03. The van der Waals surface area contributed by atoms with E-state index in [0.717, 1.165) is 22.4 Å². The van der Waals surface area contributed by atoms with E-state index in [0.29, 0.717) is 13.0 Å². The van der Waals surface area contributed by atoms with E-state index in [-0.39, 0.29) is 23.8 Å². The Balaban J connectivity index is 1.95. The third-order valence-corrected chi connectivity index (χ3v) is 5.14. The second-order valence-electron chi connectivity index (χ2n) is 7.38. The molecular weight excluding hydrogens is 341 g/mol. The van der Waals surface area contributed by atoms with E-state index >= 15 is 0 Å². The van der Waals surface area contributed by atoms with Crippen molar-refractivity contribution in [3.05, 3.63) is 71.0 Å². The molecular formula is C22H26FN3O. The first-order valence-electron chi connectivity index (χ1n) is 9.28. The van der Waals surface area contributed by atoms with Crippen LogP contribution < -0.4 is 0 Å². The lowest BCUT2D eigenvalue weighted by atomic mass is 9.95. The molecule has 2 aromatic carbocycles. The Morgan fingerprint density at radius 2 is 2.00 bits per heavy atom. The summed E-state index contributed by atoms with van der Waals surface area (Å²) >= 11 is 0. The van der Waals surface area contributed by atoms with Crippen LogP contribution in [0.1, 0.15) is 43.0 Å². The minimum atomic E-state index is -0.299. The van der Waals surface area contributed by atoms with Crippen LogP contribution in [0.2, 0.25) is 0 Å². The van der Waals surface area contributed by atoms with Gasteiger partial charge < -0.3 is 0 Å². The fourth-order valence-corrected chi connectivity index (χ4v) is 3.25. The first-order valence-corrected chi connectivity index (χ1v) is 9.28. The Labute approximate surface area is 160 Å². The van der Waals surface area contributed by atoms with Crippen LogP contribution in [0.5, 0.6) is 0 Å². The number of benzene rings is 2. The Morgan fingerprint density at radius 1 is 1.26 bits per heavy atom. The third kappa shape index (κ3) is 4.25. The predicted molar refractivity (Wildman–Crippen MR) is 106 cm³/mol. The Morgan fingerprint density at radius 3 is 2.67 bits per heavy atom. The molecule has 0 bridgehead atoms. The van der Waals surface area contributed by atoms with Gasteiger partial charge in [-0.2, -0.15) is 5.10 Å². The summed E-state index contributed by atoms with van der Waals surface area (Å²) in [5.41, 5.74) is 3.66. The SMILES string of the molecule is Cc1ccccc1[C@H]1CC(c2cccc(F)c2)=NN1C(=O)CN(C)C(C)C. The molecule has 0 spiro atoms. The molecule has 0 fully saturated rings. The maximum Gasteiger partial charge on any atom is 0.257 e. The summed E-state index contributed by atoms with van der Waals surface area (Å²) in [7, 11) is 1.93. The fourth-order valence-electron chi connectivity index (χ4n) is 3.25. The lowest BCUT2D eigenvalue weighted by Crippen LogP contribution is -2.39. The molecule has 3 rings (SSSR count). The first-order chi connectivity index (χ1) is 12.9. The molecule has 0 saturated heterocycles. The highest BCUT2D eigenvalue weighted by atomic mass is 19.1. The maximum absolute atomic E-state index is 13.7. The predicted octanol–water partition coefficient (Wildman–Crippen LogP) is 4.15. The van der Waals surface area contributed by atoms with Gasteiger partial charge in [0.25, 0.3) is 5.91 Å². The summed E-state index contributed by atoms with van der Waals surface area (Å²) in [6, 6.07) is 14.5. The first kappa shape index (κ1) is 19.2. The smallest absolute Gasteiger partial charge is 0.257 e. The zero-order valence-electron chi connectivity index (χ0n) is 16.3. The van der Waals surface area contributed by atoms with E-state index in [1.807, 2.05) is 49.2 Å². The van der Waals surface area contributed by atoms with Gasteiger partial charge in [-0.25, -0.2) is 9.40 Å². The molecule has 142 valence electrons. The van der Waals surface area contributed by atoms with Crippen molar-refractivity contribution in [2.24, 2.45) is 5.10 Å². The zero-order chi connectivity index (χ0) is 19.6. The van der Waals surface area contributed by atoms with Crippen molar-refractivity contribution in [1.82, 2.24) is 9.91 Å².